The molecule has 1 aliphatic rings. The van der Waals surface area contributed by atoms with E-state index in [0.717, 1.165) is 12.5 Å². The molecule has 0 saturated heterocycles. The monoisotopic (exact) mass is 234 g/mol. The minimum absolute atomic E-state index is 0.204. The predicted octanol–water partition coefficient (Wildman–Crippen LogP) is 3.36. The summed E-state index contributed by atoms with van der Waals surface area (Å²) < 4.78 is 0. The van der Waals surface area contributed by atoms with E-state index in [0.29, 0.717) is 17.2 Å². The van der Waals surface area contributed by atoms with Crippen LogP contribution in [-0.2, 0) is 0 Å². The van der Waals surface area contributed by atoms with Gasteiger partial charge in [0.25, 0.3) is 5.69 Å². The highest BCUT2D eigenvalue weighted by Gasteiger charge is 2.28. The Bertz CT molecular complexity index is 427. The number of nitro benzene ring substituents is 1. The molecular weight excluding hydrogens is 216 g/mol. The Hall–Kier alpha value is -1.58. The van der Waals surface area contributed by atoms with E-state index < -0.39 is 0 Å². The fraction of sp³-hybridized carbons (Fsp3) is 0.538. The van der Waals surface area contributed by atoms with Gasteiger partial charge in [-0.2, -0.15) is 0 Å². The molecule has 1 aromatic rings. The highest BCUT2D eigenvalue weighted by atomic mass is 16.6. The van der Waals surface area contributed by atoms with Gasteiger partial charge in [-0.05, 0) is 37.7 Å². The second kappa shape index (κ2) is 4.73. The van der Waals surface area contributed by atoms with Gasteiger partial charge in [0, 0.05) is 12.1 Å². The maximum Gasteiger partial charge on any atom is 0.295 e. The summed E-state index contributed by atoms with van der Waals surface area (Å²) >= 11 is 0. The average Bonchev–Trinajstić information content (AvgIpc) is 3.08. The molecule has 4 heteroatoms. The molecule has 1 saturated carbocycles. The van der Waals surface area contributed by atoms with E-state index in [2.05, 4.69) is 12.2 Å². The first-order chi connectivity index (χ1) is 8.09. The van der Waals surface area contributed by atoms with Crippen LogP contribution >= 0.6 is 0 Å². The summed E-state index contributed by atoms with van der Waals surface area (Å²) in [4.78, 5) is 10.7. The van der Waals surface area contributed by atoms with Crippen molar-refractivity contribution in [3.8, 4) is 0 Å². The molecule has 2 rings (SSSR count). The van der Waals surface area contributed by atoms with Crippen LogP contribution < -0.4 is 5.32 Å². The summed E-state index contributed by atoms with van der Waals surface area (Å²) in [5.74, 6) is 1.40. The number of para-hydroxylation sites is 1. The van der Waals surface area contributed by atoms with Crippen molar-refractivity contribution in [3.63, 3.8) is 0 Å². The summed E-state index contributed by atoms with van der Waals surface area (Å²) in [5, 5.41) is 14.2. The fourth-order valence-electron chi connectivity index (χ4n) is 2.15. The zero-order chi connectivity index (χ0) is 12.4. The highest BCUT2D eigenvalue weighted by molar-refractivity contribution is 5.64. The third-order valence-electron chi connectivity index (χ3n) is 3.46. The number of nitrogens with zero attached hydrogens (tertiary/aromatic N) is 1. The third-order valence-corrected chi connectivity index (χ3v) is 3.46. The first-order valence-electron chi connectivity index (χ1n) is 6.07. The Morgan fingerprint density at radius 3 is 2.82 bits per heavy atom. The molecule has 1 aromatic carbocycles. The maximum absolute atomic E-state index is 11.0. The number of nitrogens with one attached hydrogen (secondary N) is 1. The Balaban J connectivity index is 2.08. The molecule has 4 nitrogen and oxygen atoms in total. The van der Waals surface area contributed by atoms with Gasteiger partial charge in [0.2, 0.25) is 0 Å². The van der Waals surface area contributed by atoms with Crippen molar-refractivity contribution in [1.82, 2.24) is 0 Å². The van der Waals surface area contributed by atoms with E-state index in [1.807, 2.05) is 6.07 Å². The normalized spacial score (nSPS) is 16.6. The van der Waals surface area contributed by atoms with Crippen LogP contribution in [-0.4, -0.2) is 11.5 Å². The number of rotatable bonds is 5. The lowest BCUT2D eigenvalue weighted by Crippen LogP contribution is -2.14. The minimum Gasteiger partial charge on any atom is -0.379 e. The summed E-state index contributed by atoms with van der Waals surface area (Å²) in [7, 11) is 0. The topological polar surface area (TPSA) is 55.2 Å². The van der Waals surface area contributed by atoms with Gasteiger partial charge >= 0.3 is 0 Å². The van der Waals surface area contributed by atoms with Crippen molar-refractivity contribution in [2.75, 3.05) is 11.9 Å². The van der Waals surface area contributed by atoms with Gasteiger partial charge in [0.15, 0.2) is 0 Å². The Morgan fingerprint density at radius 2 is 2.24 bits per heavy atom. The van der Waals surface area contributed by atoms with Crippen LogP contribution in [0.5, 0.6) is 0 Å². The summed E-state index contributed by atoms with van der Waals surface area (Å²) in [5.41, 5.74) is 1.55. The molecule has 0 heterocycles. The SMILES string of the molecule is Cc1cccc(NCC(C)C2CC2)c1[N+](=O)[O-]. The van der Waals surface area contributed by atoms with Crippen LogP contribution in [0, 0.1) is 28.9 Å². The van der Waals surface area contributed by atoms with E-state index in [4.69, 9.17) is 0 Å². The number of aryl methyl sites for hydroxylation is 1. The first-order valence-corrected chi connectivity index (χ1v) is 6.07. The molecule has 1 fully saturated rings. The second-order valence-electron chi connectivity index (χ2n) is 4.92. The van der Waals surface area contributed by atoms with Crippen LogP contribution in [0.4, 0.5) is 11.4 Å². The molecule has 1 atom stereocenters. The smallest absolute Gasteiger partial charge is 0.295 e. The van der Waals surface area contributed by atoms with Crippen LogP contribution in [0.2, 0.25) is 0 Å². The largest absolute Gasteiger partial charge is 0.379 e. The van der Waals surface area contributed by atoms with Crippen LogP contribution in [0.25, 0.3) is 0 Å². The number of hydrogen-bond donors (Lipinski definition) is 1. The molecule has 92 valence electrons. The molecule has 0 radical (unpaired) electrons. The zero-order valence-corrected chi connectivity index (χ0v) is 10.3. The number of nitro groups is 1. The van der Waals surface area contributed by atoms with Crippen molar-refractivity contribution in [1.29, 1.82) is 0 Å². The van der Waals surface area contributed by atoms with Crippen LogP contribution in [0.15, 0.2) is 18.2 Å². The molecular formula is C13H18N2O2. The van der Waals surface area contributed by atoms with Gasteiger partial charge in [-0.25, -0.2) is 0 Å². The Kier molecular flexibility index (Phi) is 3.31. The minimum atomic E-state index is -0.306. The molecule has 0 aliphatic heterocycles. The van der Waals surface area contributed by atoms with E-state index in [1.54, 1.807) is 19.1 Å². The number of benzene rings is 1. The van der Waals surface area contributed by atoms with Crippen molar-refractivity contribution in [3.05, 3.63) is 33.9 Å². The van der Waals surface area contributed by atoms with Crippen molar-refractivity contribution in [2.45, 2.75) is 26.7 Å². The Morgan fingerprint density at radius 1 is 1.53 bits per heavy atom. The highest BCUT2D eigenvalue weighted by Crippen LogP contribution is 2.37. The molecule has 0 aromatic heterocycles. The van der Waals surface area contributed by atoms with E-state index in [-0.39, 0.29) is 10.6 Å². The lowest BCUT2D eigenvalue weighted by Gasteiger charge is -2.13. The van der Waals surface area contributed by atoms with Gasteiger partial charge < -0.3 is 5.32 Å². The molecule has 17 heavy (non-hydrogen) atoms. The number of hydrogen-bond acceptors (Lipinski definition) is 3. The fourth-order valence-corrected chi connectivity index (χ4v) is 2.15. The first kappa shape index (κ1) is 11.9. The molecule has 0 bridgehead atoms. The van der Waals surface area contributed by atoms with Crippen molar-refractivity contribution >= 4 is 11.4 Å². The maximum atomic E-state index is 11.0. The molecule has 1 aliphatic carbocycles. The summed E-state index contributed by atoms with van der Waals surface area (Å²) in [6.45, 7) is 4.79. The second-order valence-corrected chi connectivity index (χ2v) is 4.92. The lowest BCUT2D eigenvalue weighted by atomic mass is 10.1. The lowest BCUT2D eigenvalue weighted by molar-refractivity contribution is -0.384. The van der Waals surface area contributed by atoms with Gasteiger partial charge in [0.05, 0.1) is 4.92 Å². The van der Waals surface area contributed by atoms with Crippen LogP contribution in [0.3, 0.4) is 0 Å². The van der Waals surface area contributed by atoms with Gasteiger partial charge in [-0.15, -0.1) is 0 Å². The van der Waals surface area contributed by atoms with Gasteiger partial charge in [-0.1, -0.05) is 19.1 Å². The van der Waals surface area contributed by atoms with Gasteiger partial charge in [-0.3, -0.25) is 10.1 Å². The van der Waals surface area contributed by atoms with Crippen LogP contribution in [0.1, 0.15) is 25.3 Å². The van der Waals surface area contributed by atoms with Crippen molar-refractivity contribution in [2.24, 2.45) is 11.8 Å². The van der Waals surface area contributed by atoms with Crippen molar-refractivity contribution < 1.29 is 4.92 Å². The zero-order valence-electron chi connectivity index (χ0n) is 10.3. The summed E-state index contributed by atoms with van der Waals surface area (Å²) in [6.07, 6.45) is 2.61. The molecule has 0 spiro atoms. The average molecular weight is 234 g/mol. The van der Waals surface area contributed by atoms with Gasteiger partial charge in [0.1, 0.15) is 5.69 Å². The molecule has 0 amide bonds. The Labute approximate surface area is 101 Å². The number of anilines is 1. The van der Waals surface area contributed by atoms with E-state index >= 15 is 0 Å². The molecule has 1 unspecified atom stereocenters. The third kappa shape index (κ3) is 2.75. The standard InChI is InChI=1S/C13H18N2O2/c1-9-4-3-5-12(13(9)15(16)17)14-8-10(2)11-6-7-11/h3-5,10-11,14H,6-8H2,1-2H3. The molecule has 1 N–H and O–H groups in total. The predicted molar refractivity (Wildman–Crippen MR) is 68.2 cm³/mol. The summed E-state index contributed by atoms with van der Waals surface area (Å²) in [6, 6.07) is 5.41. The quantitative estimate of drug-likeness (QED) is 0.627. The van der Waals surface area contributed by atoms with E-state index in [9.17, 15) is 10.1 Å². The van der Waals surface area contributed by atoms with E-state index in [1.165, 1.54) is 12.8 Å².